The van der Waals surface area contributed by atoms with Crippen molar-refractivity contribution in [3.63, 3.8) is 0 Å². The summed E-state index contributed by atoms with van der Waals surface area (Å²) in [5, 5.41) is -0.540. The smallest absolute Gasteiger partial charge is 0.402 e. The molecule has 0 aliphatic rings. The third-order valence-corrected chi connectivity index (χ3v) is 2.40. The Kier molecular flexibility index (Phi) is 4.41. The Bertz CT molecular complexity index is 532. The fraction of sp³-hybridized carbons (Fsp3) is 0.375. The third-order valence-electron chi connectivity index (χ3n) is 1.59. The molecule has 0 amide bonds. The van der Waals surface area contributed by atoms with Crippen LogP contribution in [0.5, 0.6) is 5.75 Å². The second-order valence-electron chi connectivity index (χ2n) is 3.10. The summed E-state index contributed by atoms with van der Waals surface area (Å²) in [4.78, 5) is 3.40. The zero-order valence-electron chi connectivity index (χ0n) is 8.86. The summed E-state index contributed by atoms with van der Waals surface area (Å²) < 4.78 is 65.9. The van der Waals surface area contributed by atoms with Crippen LogP contribution in [0.2, 0.25) is 5.15 Å². The SMILES string of the molecule is CS(=O)(=O)OCc1ccnc(Cl)c1OC(F)(F)F. The monoisotopic (exact) mass is 305 g/mol. The molecule has 0 atom stereocenters. The molecule has 0 radical (unpaired) electrons. The van der Waals surface area contributed by atoms with Crippen LogP contribution < -0.4 is 4.74 Å². The summed E-state index contributed by atoms with van der Waals surface area (Å²) >= 11 is 5.44. The maximum absolute atomic E-state index is 12.1. The first-order valence-corrected chi connectivity index (χ1v) is 6.51. The van der Waals surface area contributed by atoms with E-state index in [0.29, 0.717) is 0 Å². The number of halogens is 4. The standard InChI is InChI=1S/C8H7ClF3NO4S/c1-18(14,15)16-4-5-2-3-13-7(9)6(5)17-8(10,11)12/h2-3H,4H2,1H3. The van der Waals surface area contributed by atoms with E-state index in [0.717, 1.165) is 18.5 Å². The molecule has 102 valence electrons. The first-order chi connectivity index (χ1) is 8.08. The van der Waals surface area contributed by atoms with Gasteiger partial charge in [-0.15, -0.1) is 13.2 Å². The molecule has 1 heterocycles. The van der Waals surface area contributed by atoms with Crippen molar-refractivity contribution >= 4 is 21.7 Å². The maximum Gasteiger partial charge on any atom is 0.573 e. The number of hydrogen-bond donors (Lipinski definition) is 0. The Morgan fingerprint density at radius 3 is 2.56 bits per heavy atom. The summed E-state index contributed by atoms with van der Waals surface area (Å²) in [6.45, 7) is -0.632. The zero-order chi connectivity index (χ0) is 14.0. The number of ether oxygens (including phenoxy) is 1. The van der Waals surface area contributed by atoms with Crippen molar-refractivity contribution in [3.8, 4) is 5.75 Å². The van der Waals surface area contributed by atoms with E-state index in [9.17, 15) is 21.6 Å². The Morgan fingerprint density at radius 2 is 2.06 bits per heavy atom. The van der Waals surface area contributed by atoms with Gasteiger partial charge < -0.3 is 4.74 Å². The lowest BCUT2D eigenvalue weighted by Gasteiger charge is -2.13. The van der Waals surface area contributed by atoms with E-state index in [2.05, 4.69) is 13.9 Å². The Hall–Kier alpha value is -1.06. The molecule has 0 bridgehead atoms. The second-order valence-corrected chi connectivity index (χ2v) is 5.11. The van der Waals surface area contributed by atoms with Crippen molar-refractivity contribution in [1.29, 1.82) is 0 Å². The minimum absolute atomic E-state index is 0.183. The summed E-state index contributed by atoms with van der Waals surface area (Å²) in [6.07, 6.45) is -3.10. The van der Waals surface area contributed by atoms with Gasteiger partial charge in [-0.3, -0.25) is 4.18 Å². The molecule has 18 heavy (non-hydrogen) atoms. The molecule has 1 rings (SSSR count). The van der Waals surface area contributed by atoms with Crippen molar-refractivity contribution in [3.05, 3.63) is 23.0 Å². The van der Waals surface area contributed by atoms with Gasteiger partial charge in [-0.2, -0.15) is 8.42 Å². The maximum atomic E-state index is 12.1. The quantitative estimate of drug-likeness (QED) is 0.629. The van der Waals surface area contributed by atoms with Gasteiger partial charge in [0.1, 0.15) is 0 Å². The lowest BCUT2D eigenvalue weighted by Crippen LogP contribution is -2.19. The predicted octanol–water partition coefficient (Wildman–Crippen LogP) is 2.11. The number of aromatic nitrogens is 1. The fourth-order valence-electron chi connectivity index (χ4n) is 0.967. The molecular weight excluding hydrogens is 299 g/mol. The van der Waals surface area contributed by atoms with Crippen molar-refractivity contribution < 1.29 is 30.5 Å². The van der Waals surface area contributed by atoms with Crippen LogP contribution in [0.4, 0.5) is 13.2 Å². The Balaban J connectivity index is 3.01. The summed E-state index contributed by atoms with van der Waals surface area (Å²) in [5.74, 6) is -0.782. The number of rotatable bonds is 4. The molecule has 0 aliphatic heterocycles. The van der Waals surface area contributed by atoms with E-state index >= 15 is 0 Å². The molecule has 0 spiro atoms. The van der Waals surface area contributed by atoms with Crippen LogP contribution in [0.1, 0.15) is 5.56 Å². The topological polar surface area (TPSA) is 65.5 Å². The number of hydrogen-bond acceptors (Lipinski definition) is 5. The molecule has 1 aromatic rings. The molecule has 1 aromatic heterocycles. The lowest BCUT2D eigenvalue weighted by molar-refractivity contribution is -0.275. The summed E-state index contributed by atoms with van der Waals surface area (Å²) in [7, 11) is -3.80. The van der Waals surface area contributed by atoms with Crippen molar-refractivity contribution in [2.75, 3.05) is 6.26 Å². The van der Waals surface area contributed by atoms with Crippen LogP contribution in [0.15, 0.2) is 12.3 Å². The van der Waals surface area contributed by atoms with Gasteiger partial charge in [-0.25, -0.2) is 4.98 Å². The molecular formula is C8H7ClF3NO4S. The average molecular weight is 306 g/mol. The van der Waals surface area contributed by atoms with Gasteiger partial charge in [0, 0.05) is 11.8 Å². The van der Waals surface area contributed by atoms with Crippen LogP contribution in [0.25, 0.3) is 0 Å². The average Bonchev–Trinajstić information content (AvgIpc) is 2.16. The van der Waals surface area contributed by atoms with Crippen molar-refractivity contribution in [2.45, 2.75) is 13.0 Å². The Morgan fingerprint density at radius 1 is 1.44 bits per heavy atom. The van der Waals surface area contributed by atoms with E-state index in [1.807, 2.05) is 0 Å². The molecule has 0 unspecified atom stereocenters. The molecule has 0 fully saturated rings. The number of nitrogens with zero attached hydrogens (tertiary/aromatic N) is 1. The molecule has 0 N–H and O–H groups in total. The van der Waals surface area contributed by atoms with E-state index in [4.69, 9.17) is 11.6 Å². The second kappa shape index (κ2) is 5.29. The minimum atomic E-state index is -4.97. The van der Waals surface area contributed by atoms with Gasteiger partial charge in [0.2, 0.25) is 0 Å². The van der Waals surface area contributed by atoms with E-state index in [1.165, 1.54) is 0 Å². The van der Waals surface area contributed by atoms with Gasteiger partial charge in [0.05, 0.1) is 12.9 Å². The normalized spacial score (nSPS) is 12.5. The zero-order valence-corrected chi connectivity index (χ0v) is 10.4. The lowest BCUT2D eigenvalue weighted by atomic mass is 10.2. The van der Waals surface area contributed by atoms with Crippen LogP contribution >= 0.6 is 11.6 Å². The van der Waals surface area contributed by atoms with Gasteiger partial charge in [-0.1, -0.05) is 11.6 Å². The molecule has 0 aliphatic carbocycles. The van der Waals surface area contributed by atoms with Crippen molar-refractivity contribution in [1.82, 2.24) is 4.98 Å². The molecule has 0 aromatic carbocycles. The van der Waals surface area contributed by atoms with Gasteiger partial charge in [0.25, 0.3) is 10.1 Å². The third kappa shape index (κ3) is 5.07. The van der Waals surface area contributed by atoms with Crippen LogP contribution in [0.3, 0.4) is 0 Å². The predicted molar refractivity (Wildman–Crippen MR) is 55.6 cm³/mol. The minimum Gasteiger partial charge on any atom is -0.402 e. The van der Waals surface area contributed by atoms with Gasteiger partial charge in [-0.05, 0) is 6.07 Å². The van der Waals surface area contributed by atoms with E-state index in [1.54, 1.807) is 0 Å². The molecule has 10 heteroatoms. The van der Waals surface area contributed by atoms with Crippen LogP contribution in [0, 0.1) is 0 Å². The summed E-state index contributed by atoms with van der Waals surface area (Å²) in [6, 6.07) is 1.11. The molecule has 0 saturated carbocycles. The van der Waals surface area contributed by atoms with Crippen LogP contribution in [-0.2, 0) is 20.9 Å². The van der Waals surface area contributed by atoms with Gasteiger partial charge >= 0.3 is 6.36 Å². The fourth-order valence-corrected chi connectivity index (χ4v) is 1.52. The van der Waals surface area contributed by atoms with Crippen molar-refractivity contribution in [2.24, 2.45) is 0 Å². The Labute approximate surface area is 106 Å². The largest absolute Gasteiger partial charge is 0.573 e. The van der Waals surface area contributed by atoms with E-state index in [-0.39, 0.29) is 5.56 Å². The molecule has 5 nitrogen and oxygen atoms in total. The number of pyridine rings is 1. The highest BCUT2D eigenvalue weighted by Gasteiger charge is 2.33. The number of alkyl halides is 3. The summed E-state index contributed by atoms with van der Waals surface area (Å²) in [5.41, 5.74) is -0.183. The van der Waals surface area contributed by atoms with Crippen LogP contribution in [-0.4, -0.2) is 26.0 Å². The highest BCUT2D eigenvalue weighted by Crippen LogP contribution is 2.32. The first kappa shape index (κ1) is 15.0. The highest BCUT2D eigenvalue weighted by molar-refractivity contribution is 7.85. The molecule has 0 saturated heterocycles. The highest BCUT2D eigenvalue weighted by atomic mass is 35.5. The van der Waals surface area contributed by atoms with E-state index < -0.39 is 34.0 Å². The first-order valence-electron chi connectivity index (χ1n) is 4.32. The van der Waals surface area contributed by atoms with Gasteiger partial charge in [0.15, 0.2) is 10.9 Å².